The summed E-state index contributed by atoms with van der Waals surface area (Å²) in [5.74, 6) is -2.51. The van der Waals surface area contributed by atoms with E-state index in [-0.39, 0.29) is 29.2 Å². The molecule has 1 aliphatic heterocycles. The molecule has 0 bridgehead atoms. The zero-order chi connectivity index (χ0) is 21.7. The Hall–Kier alpha value is -3.29. The first kappa shape index (κ1) is 19.7. The number of benzene rings is 2. The monoisotopic (exact) mass is 427 g/mol. The van der Waals surface area contributed by atoms with Crippen LogP contribution in [0.25, 0.3) is 22.2 Å². The van der Waals surface area contributed by atoms with Crippen molar-refractivity contribution in [1.82, 2.24) is 15.6 Å². The third-order valence-corrected chi connectivity index (χ3v) is 6.28. The molecule has 31 heavy (non-hydrogen) atoms. The Morgan fingerprint density at radius 1 is 1.03 bits per heavy atom. The zero-order valence-electron chi connectivity index (χ0n) is 16.5. The van der Waals surface area contributed by atoms with Crippen molar-refractivity contribution >= 4 is 22.7 Å². The summed E-state index contributed by atoms with van der Waals surface area (Å²) >= 11 is 0. The van der Waals surface area contributed by atoms with E-state index in [2.05, 4.69) is 15.6 Å². The molecule has 0 spiro atoms. The van der Waals surface area contributed by atoms with Gasteiger partial charge in [-0.1, -0.05) is 0 Å². The summed E-state index contributed by atoms with van der Waals surface area (Å²) in [5.41, 5.74) is 2.16. The fourth-order valence-electron chi connectivity index (χ4n) is 4.60. The molecule has 0 unspecified atom stereocenters. The van der Waals surface area contributed by atoms with Crippen molar-refractivity contribution in [2.75, 3.05) is 6.54 Å². The second kappa shape index (κ2) is 7.44. The number of hydrogen-bond acceptors (Lipinski definition) is 2. The maximum absolute atomic E-state index is 14.4. The lowest BCUT2D eigenvalue weighted by Gasteiger charge is -2.35. The second-order valence-electron chi connectivity index (χ2n) is 8.24. The van der Waals surface area contributed by atoms with E-state index < -0.39 is 23.5 Å². The number of fused-ring (bicyclic) bond motifs is 1. The summed E-state index contributed by atoms with van der Waals surface area (Å²) in [6.07, 6.45) is 1.56. The molecule has 3 aromatic rings. The Morgan fingerprint density at radius 2 is 1.77 bits per heavy atom. The highest BCUT2D eigenvalue weighted by Gasteiger charge is 2.40. The average molecular weight is 427 g/mol. The lowest BCUT2D eigenvalue weighted by molar-refractivity contribution is -0.132. The molecule has 1 saturated carbocycles. The summed E-state index contributed by atoms with van der Waals surface area (Å²) in [6.45, 7) is 0.546. The van der Waals surface area contributed by atoms with Crippen LogP contribution in [0.3, 0.4) is 0 Å². The van der Waals surface area contributed by atoms with Gasteiger partial charge in [-0.3, -0.25) is 9.59 Å². The van der Waals surface area contributed by atoms with Gasteiger partial charge >= 0.3 is 0 Å². The molecule has 2 heterocycles. The Balaban J connectivity index is 1.45. The normalized spacial score (nSPS) is 22.9. The maximum atomic E-state index is 14.4. The number of H-pyrrole nitrogens is 1. The standard InChI is InChI=1S/C23H20F3N3O2/c24-14-3-1-11(2-4-14)20-19(16-9-15(25)10-17(26)21(16)29-20)12-7-13(8-12)22(30)28-18-5-6-27-23(18)31/h1-4,9-10,12-13,18,29H,5-8H2,(H,27,31)(H,28,30)/t12-,13+,18-/m1/s1. The van der Waals surface area contributed by atoms with Crippen molar-refractivity contribution in [2.24, 2.45) is 5.92 Å². The van der Waals surface area contributed by atoms with Crippen molar-refractivity contribution in [2.45, 2.75) is 31.2 Å². The van der Waals surface area contributed by atoms with E-state index in [9.17, 15) is 22.8 Å². The van der Waals surface area contributed by atoms with E-state index in [0.29, 0.717) is 42.5 Å². The van der Waals surface area contributed by atoms with Gasteiger partial charge in [0.1, 0.15) is 23.5 Å². The molecule has 2 aliphatic rings. The lowest BCUT2D eigenvalue weighted by atomic mass is 9.69. The van der Waals surface area contributed by atoms with E-state index in [1.165, 1.54) is 18.2 Å². The van der Waals surface area contributed by atoms with Gasteiger partial charge in [-0.25, -0.2) is 13.2 Å². The molecule has 1 saturated heterocycles. The Bertz CT molecular complexity index is 1180. The summed E-state index contributed by atoms with van der Waals surface area (Å²) in [6, 6.07) is 7.39. The van der Waals surface area contributed by atoms with E-state index in [1.54, 1.807) is 12.1 Å². The highest BCUT2D eigenvalue weighted by atomic mass is 19.1. The molecule has 5 nitrogen and oxygen atoms in total. The predicted octanol–water partition coefficient (Wildman–Crippen LogP) is 3.75. The molecule has 2 fully saturated rings. The van der Waals surface area contributed by atoms with Gasteiger partial charge in [0.15, 0.2) is 0 Å². The Morgan fingerprint density at radius 3 is 2.45 bits per heavy atom. The molecule has 2 aromatic carbocycles. The average Bonchev–Trinajstić information content (AvgIpc) is 3.26. The van der Waals surface area contributed by atoms with Gasteiger partial charge in [-0.2, -0.15) is 0 Å². The molecular weight excluding hydrogens is 407 g/mol. The van der Waals surface area contributed by atoms with Crippen LogP contribution in [0.4, 0.5) is 13.2 Å². The van der Waals surface area contributed by atoms with Crippen LogP contribution in [0.2, 0.25) is 0 Å². The third kappa shape index (κ3) is 3.45. The number of nitrogens with one attached hydrogen (secondary N) is 3. The predicted molar refractivity (Wildman–Crippen MR) is 109 cm³/mol. The lowest BCUT2D eigenvalue weighted by Crippen LogP contribution is -2.45. The molecule has 1 aromatic heterocycles. The molecule has 0 radical (unpaired) electrons. The van der Waals surface area contributed by atoms with E-state index in [0.717, 1.165) is 11.6 Å². The second-order valence-corrected chi connectivity index (χ2v) is 8.24. The zero-order valence-corrected chi connectivity index (χ0v) is 16.5. The number of aromatic amines is 1. The van der Waals surface area contributed by atoms with Crippen LogP contribution < -0.4 is 10.6 Å². The number of amides is 2. The van der Waals surface area contributed by atoms with E-state index in [1.807, 2.05) is 0 Å². The van der Waals surface area contributed by atoms with Crippen LogP contribution in [-0.2, 0) is 9.59 Å². The van der Waals surface area contributed by atoms with Gasteiger partial charge in [0.25, 0.3) is 0 Å². The van der Waals surface area contributed by atoms with Crippen molar-refractivity contribution < 1.29 is 22.8 Å². The first-order chi connectivity index (χ1) is 14.9. The van der Waals surface area contributed by atoms with Crippen molar-refractivity contribution in [1.29, 1.82) is 0 Å². The van der Waals surface area contributed by atoms with Gasteiger partial charge in [0, 0.05) is 23.9 Å². The number of hydrogen-bond donors (Lipinski definition) is 3. The molecule has 160 valence electrons. The minimum atomic E-state index is -0.703. The quantitative estimate of drug-likeness (QED) is 0.593. The summed E-state index contributed by atoms with van der Waals surface area (Å²) in [7, 11) is 0. The van der Waals surface area contributed by atoms with Gasteiger partial charge in [0.2, 0.25) is 11.8 Å². The van der Waals surface area contributed by atoms with E-state index in [4.69, 9.17) is 0 Å². The van der Waals surface area contributed by atoms with Gasteiger partial charge in [-0.05, 0) is 66.6 Å². The third-order valence-electron chi connectivity index (χ3n) is 6.28. The largest absolute Gasteiger partial charge is 0.354 e. The fourth-order valence-corrected chi connectivity index (χ4v) is 4.60. The Labute approximate surface area is 176 Å². The number of carbonyl (C=O) groups is 2. The molecule has 1 aliphatic carbocycles. The summed E-state index contributed by atoms with van der Waals surface area (Å²) < 4.78 is 41.8. The first-order valence-corrected chi connectivity index (χ1v) is 10.3. The van der Waals surface area contributed by atoms with Gasteiger partial charge in [0.05, 0.1) is 11.2 Å². The van der Waals surface area contributed by atoms with Crippen LogP contribution in [0, 0.1) is 23.4 Å². The maximum Gasteiger partial charge on any atom is 0.242 e. The van der Waals surface area contributed by atoms with Crippen LogP contribution >= 0.6 is 0 Å². The highest BCUT2D eigenvalue weighted by Crippen LogP contribution is 2.48. The van der Waals surface area contributed by atoms with E-state index >= 15 is 0 Å². The van der Waals surface area contributed by atoms with Crippen LogP contribution in [0.1, 0.15) is 30.7 Å². The van der Waals surface area contributed by atoms with Crippen molar-refractivity contribution in [3.8, 4) is 11.3 Å². The topological polar surface area (TPSA) is 74.0 Å². The molecule has 2 amide bonds. The van der Waals surface area contributed by atoms with Gasteiger partial charge in [-0.15, -0.1) is 0 Å². The van der Waals surface area contributed by atoms with Gasteiger partial charge < -0.3 is 15.6 Å². The summed E-state index contributed by atoms with van der Waals surface area (Å²) in [5, 5.41) is 5.90. The SMILES string of the molecule is O=C1NCC[C@H]1NC(=O)[C@H]1C[C@@H](c2c(-c3ccc(F)cc3)[nH]c3c(F)cc(F)cc32)C1. The number of aromatic nitrogens is 1. The smallest absolute Gasteiger partial charge is 0.242 e. The highest BCUT2D eigenvalue weighted by molar-refractivity contribution is 5.93. The minimum Gasteiger partial charge on any atom is -0.354 e. The Kier molecular flexibility index (Phi) is 4.72. The number of carbonyl (C=O) groups excluding carboxylic acids is 2. The minimum absolute atomic E-state index is 0.0943. The van der Waals surface area contributed by atoms with Crippen molar-refractivity contribution in [3.63, 3.8) is 0 Å². The number of rotatable bonds is 4. The summed E-state index contributed by atoms with van der Waals surface area (Å²) in [4.78, 5) is 27.3. The van der Waals surface area contributed by atoms with Crippen LogP contribution in [-0.4, -0.2) is 29.4 Å². The fraction of sp³-hybridized carbons (Fsp3) is 0.304. The van der Waals surface area contributed by atoms with Crippen LogP contribution in [0.5, 0.6) is 0 Å². The molecule has 5 rings (SSSR count). The van der Waals surface area contributed by atoms with Crippen molar-refractivity contribution in [3.05, 3.63) is 59.4 Å². The molecular formula is C23H20F3N3O2. The molecule has 8 heteroatoms. The molecule has 1 atom stereocenters. The van der Waals surface area contributed by atoms with Crippen LogP contribution in [0.15, 0.2) is 36.4 Å². The number of halogens is 3. The molecule has 3 N–H and O–H groups in total. The first-order valence-electron chi connectivity index (χ1n) is 10.3.